The summed E-state index contributed by atoms with van der Waals surface area (Å²) in [7, 11) is 0. The fourth-order valence-electron chi connectivity index (χ4n) is 4.09. The second-order valence-electron chi connectivity index (χ2n) is 7.96. The number of aromatic nitrogens is 1. The van der Waals surface area contributed by atoms with Crippen molar-refractivity contribution in [2.24, 2.45) is 10.2 Å². The van der Waals surface area contributed by atoms with Gasteiger partial charge in [-0.25, -0.2) is 0 Å². The summed E-state index contributed by atoms with van der Waals surface area (Å²) < 4.78 is 1.95. The number of para-hydroxylation sites is 1. The molecule has 7 heteroatoms. The van der Waals surface area contributed by atoms with E-state index in [0.29, 0.717) is 5.69 Å². The number of hydrogen-bond acceptors (Lipinski definition) is 3. The number of piperidine rings is 1. The van der Waals surface area contributed by atoms with Gasteiger partial charge in [-0.3, -0.25) is 4.57 Å². The molecule has 1 aliphatic rings. The molecule has 2 heterocycles. The number of thiocarbonyl (C=S) groups is 1. The normalized spacial score (nSPS) is 15.1. The molecule has 0 spiro atoms. The SMILES string of the molecule is Cc1cccc(NC(=S)N=Nc2c(O)n(C[NH+]3CCCCC3)c3ccccc23)c1C. The fourth-order valence-corrected chi connectivity index (χ4v) is 4.24. The Hall–Kier alpha value is -2.77. The standard InChI is InChI=1S/C23H27N5OS/c1-16-9-8-11-19(17(16)2)24-23(30)26-25-21-18-10-4-5-12-20(18)28(22(21)29)15-27-13-6-3-7-14-27/h4-5,8-12,29H,3,6-7,13-15H2,1-2H3,(H,24,30)/p+1. The van der Waals surface area contributed by atoms with E-state index in [1.165, 1.54) is 29.7 Å². The summed E-state index contributed by atoms with van der Waals surface area (Å²) in [6.07, 6.45) is 3.77. The Morgan fingerprint density at radius 3 is 2.67 bits per heavy atom. The van der Waals surface area contributed by atoms with Crippen molar-refractivity contribution in [2.75, 3.05) is 18.4 Å². The van der Waals surface area contributed by atoms with Crippen LogP contribution in [0.2, 0.25) is 0 Å². The molecule has 0 unspecified atom stereocenters. The first kappa shape index (κ1) is 20.5. The third kappa shape index (κ3) is 4.22. The molecule has 1 saturated heterocycles. The number of likely N-dealkylation sites (tertiary alicyclic amines) is 1. The number of aryl methyl sites for hydroxylation is 1. The van der Waals surface area contributed by atoms with Crippen LogP contribution < -0.4 is 10.2 Å². The van der Waals surface area contributed by atoms with Crippen LogP contribution in [0.4, 0.5) is 11.4 Å². The molecule has 3 N–H and O–H groups in total. The Morgan fingerprint density at radius 2 is 1.87 bits per heavy atom. The van der Waals surface area contributed by atoms with Gasteiger partial charge < -0.3 is 15.3 Å². The molecular formula is C23H28N5OS+. The van der Waals surface area contributed by atoms with Crippen molar-refractivity contribution in [3.8, 4) is 5.88 Å². The van der Waals surface area contributed by atoms with Crippen LogP contribution in [0.25, 0.3) is 10.9 Å². The van der Waals surface area contributed by atoms with E-state index in [9.17, 15) is 5.11 Å². The highest BCUT2D eigenvalue weighted by Crippen LogP contribution is 2.38. The van der Waals surface area contributed by atoms with Crippen molar-refractivity contribution in [3.63, 3.8) is 0 Å². The number of nitrogens with one attached hydrogen (secondary N) is 2. The highest BCUT2D eigenvalue weighted by Gasteiger charge is 2.21. The van der Waals surface area contributed by atoms with Crippen molar-refractivity contribution in [3.05, 3.63) is 53.6 Å². The first-order chi connectivity index (χ1) is 14.5. The zero-order valence-corrected chi connectivity index (χ0v) is 18.3. The number of benzene rings is 2. The van der Waals surface area contributed by atoms with Gasteiger partial charge in [0.2, 0.25) is 11.0 Å². The van der Waals surface area contributed by atoms with Crippen molar-refractivity contribution in [1.29, 1.82) is 0 Å². The van der Waals surface area contributed by atoms with Gasteiger partial charge in [-0.05, 0) is 68.6 Å². The maximum Gasteiger partial charge on any atom is 0.225 e. The van der Waals surface area contributed by atoms with Crippen LogP contribution in [0, 0.1) is 13.8 Å². The van der Waals surface area contributed by atoms with Gasteiger partial charge in [0, 0.05) is 11.1 Å². The Morgan fingerprint density at radius 1 is 1.10 bits per heavy atom. The van der Waals surface area contributed by atoms with Crippen LogP contribution in [-0.2, 0) is 6.67 Å². The summed E-state index contributed by atoms with van der Waals surface area (Å²) in [4.78, 5) is 1.48. The summed E-state index contributed by atoms with van der Waals surface area (Å²) in [5.74, 6) is 0.146. The van der Waals surface area contributed by atoms with E-state index >= 15 is 0 Å². The average molecular weight is 423 g/mol. The third-order valence-corrected chi connectivity index (χ3v) is 6.13. The number of anilines is 1. The predicted molar refractivity (Wildman–Crippen MR) is 125 cm³/mol. The highest BCUT2D eigenvalue weighted by atomic mass is 32.1. The molecule has 30 heavy (non-hydrogen) atoms. The molecule has 1 aromatic heterocycles. The largest absolute Gasteiger partial charge is 0.493 e. The van der Waals surface area contributed by atoms with Crippen molar-refractivity contribution >= 4 is 39.6 Å². The Kier molecular flexibility index (Phi) is 6.11. The zero-order valence-electron chi connectivity index (χ0n) is 17.5. The number of rotatable bonds is 4. The lowest BCUT2D eigenvalue weighted by Gasteiger charge is -2.24. The molecule has 0 atom stereocenters. The summed E-state index contributed by atoms with van der Waals surface area (Å²) in [6, 6.07) is 13.9. The zero-order chi connectivity index (χ0) is 21.1. The van der Waals surface area contributed by atoms with E-state index in [0.717, 1.165) is 41.9 Å². The second kappa shape index (κ2) is 8.93. The van der Waals surface area contributed by atoms with Crippen molar-refractivity contribution in [1.82, 2.24) is 4.57 Å². The van der Waals surface area contributed by atoms with Gasteiger partial charge in [0.05, 0.1) is 18.6 Å². The van der Waals surface area contributed by atoms with Crippen LogP contribution >= 0.6 is 12.2 Å². The lowest BCUT2D eigenvalue weighted by molar-refractivity contribution is -0.927. The minimum absolute atomic E-state index is 0.146. The van der Waals surface area contributed by atoms with Gasteiger partial charge in [-0.15, -0.1) is 10.2 Å². The molecule has 0 bridgehead atoms. The summed E-state index contributed by atoms with van der Waals surface area (Å²) >= 11 is 5.38. The van der Waals surface area contributed by atoms with Crippen LogP contribution in [0.5, 0.6) is 5.88 Å². The van der Waals surface area contributed by atoms with Crippen LogP contribution in [0.15, 0.2) is 52.7 Å². The predicted octanol–water partition coefficient (Wildman–Crippen LogP) is 4.47. The molecule has 4 rings (SSSR count). The molecule has 0 aliphatic carbocycles. The van der Waals surface area contributed by atoms with Gasteiger partial charge in [-0.1, -0.05) is 30.3 Å². The Balaban J connectivity index is 1.59. The molecule has 3 aromatic rings. The number of fused-ring (bicyclic) bond motifs is 1. The van der Waals surface area contributed by atoms with Crippen molar-refractivity contribution in [2.45, 2.75) is 39.8 Å². The quantitative estimate of drug-likeness (QED) is 0.429. The van der Waals surface area contributed by atoms with Crippen LogP contribution in [0.1, 0.15) is 30.4 Å². The van der Waals surface area contributed by atoms with Gasteiger partial charge in [-0.2, -0.15) is 0 Å². The lowest BCUT2D eigenvalue weighted by Crippen LogP contribution is -3.12. The monoisotopic (exact) mass is 422 g/mol. The molecule has 1 aliphatic heterocycles. The molecule has 0 amide bonds. The fraction of sp³-hybridized carbons (Fsp3) is 0.348. The number of hydrogen-bond donors (Lipinski definition) is 3. The van der Waals surface area contributed by atoms with Crippen molar-refractivity contribution < 1.29 is 10.0 Å². The topological polar surface area (TPSA) is 66.4 Å². The molecule has 6 nitrogen and oxygen atoms in total. The summed E-state index contributed by atoms with van der Waals surface area (Å²) in [5.41, 5.74) is 4.65. The second-order valence-corrected chi connectivity index (χ2v) is 8.35. The number of aromatic hydroxyl groups is 1. The lowest BCUT2D eigenvalue weighted by atomic mass is 10.1. The minimum atomic E-state index is 0.146. The smallest absolute Gasteiger partial charge is 0.225 e. The van der Waals surface area contributed by atoms with Crippen LogP contribution in [0.3, 0.4) is 0 Å². The minimum Gasteiger partial charge on any atom is -0.493 e. The number of quaternary nitrogens is 1. The van der Waals surface area contributed by atoms with Gasteiger partial charge in [0.15, 0.2) is 12.4 Å². The first-order valence-corrected chi connectivity index (χ1v) is 10.9. The van der Waals surface area contributed by atoms with E-state index < -0.39 is 0 Å². The summed E-state index contributed by atoms with van der Waals surface area (Å²) in [6.45, 7) is 7.09. The molecule has 2 aromatic carbocycles. The maximum absolute atomic E-state index is 11.0. The Bertz CT molecular complexity index is 1100. The third-order valence-electron chi connectivity index (χ3n) is 5.95. The Labute approximate surface area is 182 Å². The van der Waals surface area contributed by atoms with Gasteiger partial charge in [0.1, 0.15) is 0 Å². The van der Waals surface area contributed by atoms with E-state index in [1.807, 2.05) is 47.9 Å². The average Bonchev–Trinajstić information content (AvgIpc) is 3.02. The van der Waals surface area contributed by atoms with Gasteiger partial charge >= 0.3 is 0 Å². The molecule has 156 valence electrons. The summed E-state index contributed by atoms with van der Waals surface area (Å²) in [5, 5.41) is 23.8. The molecule has 0 saturated carbocycles. The van der Waals surface area contributed by atoms with Crippen LogP contribution in [-0.4, -0.2) is 27.9 Å². The van der Waals surface area contributed by atoms with E-state index in [1.54, 1.807) is 0 Å². The van der Waals surface area contributed by atoms with E-state index in [4.69, 9.17) is 12.2 Å². The van der Waals surface area contributed by atoms with E-state index in [2.05, 4.69) is 28.5 Å². The first-order valence-electron chi connectivity index (χ1n) is 10.5. The molecule has 1 fully saturated rings. The molecular weight excluding hydrogens is 394 g/mol. The maximum atomic E-state index is 11.0. The number of nitrogens with zero attached hydrogens (tertiary/aromatic N) is 3. The van der Waals surface area contributed by atoms with Gasteiger partial charge in [0.25, 0.3) is 0 Å². The van der Waals surface area contributed by atoms with E-state index in [-0.39, 0.29) is 11.0 Å². The molecule has 0 radical (unpaired) electrons. The number of azo groups is 1. The highest BCUT2D eigenvalue weighted by molar-refractivity contribution is 7.80.